The molecule has 0 saturated carbocycles. The Bertz CT molecular complexity index is 658. The molecule has 0 atom stereocenters. The summed E-state index contributed by atoms with van der Waals surface area (Å²) in [6.07, 6.45) is 1.51. The highest BCUT2D eigenvalue weighted by Gasteiger charge is 2.17. The highest BCUT2D eigenvalue weighted by atomic mass is 16.5. The molecule has 118 valence electrons. The zero-order valence-corrected chi connectivity index (χ0v) is 13.2. The lowest BCUT2D eigenvalue weighted by Crippen LogP contribution is -2.15. The molecule has 2 heterocycles. The summed E-state index contributed by atoms with van der Waals surface area (Å²) in [6.45, 7) is 7.75. The smallest absolute Gasteiger partial charge is 0.341 e. The summed E-state index contributed by atoms with van der Waals surface area (Å²) in [5.74, 6) is -0.392. The maximum atomic E-state index is 12.1. The Morgan fingerprint density at radius 2 is 2.09 bits per heavy atom. The Morgan fingerprint density at radius 3 is 2.82 bits per heavy atom. The highest BCUT2D eigenvalue weighted by Crippen LogP contribution is 2.25. The number of carbonyl (C=O) groups is 1. The van der Waals surface area contributed by atoms with Gasteiger partial charge in [0, 0.05) is 30.4 Å². The molecule has 0 aliphatic carbocycles. The van der Waals surface area contributed by atoms with Crippen LogP contribution in [0.3, 0.4) is 0 Å². The van der Waals surface area contributed by atoms with Gasteiger partial charge in [0.05, 0.1) is 18.9 Å². The predicted molar refractivity (Wildman–Crippen MR) is 85.2 cm³/mol. The summed E-state index contributed by atoms with van der Waals surface area (Å²) in [5, 5.41) is 4.04. The normalized spacial score (nSPS) is 10.7. The van der Waals surface area contributed by atoms with E-state index in [1.165, 1.54) is 6.20 Å². The lowest BCUT2D eigenvalue weighted by Gasteiger charge is -2.13. The van der Waals surface area contributed by atoms with E-state index in [9.17, 15) is 4.79 Å². The van der Waals surface area contributed by atoms with Crippen molar-refractivity contribution in [3.8, 4) is 0 Å². The first-order valence-electron chi connectivity index (χ1n) is 7.42. The van der Waals surface area contributed by atoms with Gasteiger partial charge in [-0.1, -0.05) is 0 Å². The van der Waals surface area contributed by atoms with Crippen LogP contribution < -0.4 is 5.32 Å². The third-order valence-corrected chi connectivity index (χ3v) is 3.12. The fourth-order valence-electron chi connectivity index (χ4n) is 2.12. The standard InChI is InChI=1S/C16H21N3O3/c1-4-21-9-8-17-14-12-7-6-11(3)19-15(12)18-10-13(14)16(20)22-5-2/h6-7,10H,4-5,8-9H2,1-3H3,(H,17,18,19). The van der Waals surface area contributed by atoms with Crippen LogP contribution in [0.5, 0.6) is 0 Å². The molecule has 0 radical (unpaired) electrons. The average molecular weight is 303 g/mol. The summed E-state index contributed by atoms with van der Waals surface area (Å²) < 4.78 is 10.4. The first-order chi connectivity index (χ1) is 10.7. The Labute approximate surface area is 129 Å². The first kappa shape index (κ1) is 16.2. The quantitative estimate of drug-likeness (QED) is 0.626. The van der Waals surface area contributed by atoms with Crippen molar-refractivity contribution in [2.45, 2.75) is 20.8 Å². The highest BCUT2D eigenvalue weighted by molar-refractivity contribution is 6.04. The van der Waals surface area contributed by atoms with E-state index in [4.69, 9.17) is 9.47 Å². The Hall–Kier alpha value is -2.21. The molecule has 2 rings (SSSR count). The Kier molecular flexibility index (Phi) is 5.66. The van der Waals surface area contributed by atoms with Crippen molar-refractivity contribution in [2.24, 2.45) is 0 Å². The fourth-order valence-corrected chi connectivity index (χ4v) is 2.12. The summed E-state index contributed by atoms with van der Waals surface area (Å²) in [5.41, 5.74) is 2.59. The van der Waals surface area contributed by atoms with E-state index in [2.05, 4.69) is 15.3 Å². The molecule has 0 bridgehead atoms. The summed E-state index contributed by atoms with van der Waals surface area (Å²) >= 11 is 0. The summed E-state index contributed by atoms with van der Waals surface area (Å²) in [6, 6.07) is 3.81. The minimum absolute atomic E-state index is 0.321. The fraction of sp³-hybridized carbons (Fsp3) is 0.438. The van der Waals surface area contributed by atoms with E-state index in [-0.39, 0.29) is 0 Å². The molecular weight excluding hydrogens is 282 g/mol. The van der Waals surface area contributed by atoms with Crippen LogP contribution >= 0.6 is 0 Å². The van der Waals surface area contributed by atoms with E-state index in [1.807, 2.05) is 26.0 Å². The Balaban J connectivity index is 2.39. The van der Waals surface area contributed by atoms with Crippen LogP contribution in [-0.4, -0.2) is 42.3 Å². The van der Waals surface area contributed by atoms with Crippen LogP contribution in [-0.2, 0) is 9.47 Å². The first-order valence-corrected chi connectivity index (χ1v) is 7.42. The van der Waals surface area contributed by atoms with Crippen LogP contribution in [0.4, 0.5) is 5.69 Å². The molecule has 0 fully saturated rings. The number of esters is 1. The van der Waals surface area contributed by atoms with Crippen LogP contribution in [0.1, 0.15) is 29.9 Å². The van der Waals surface area contributed by atoms with Gasteiger partial charge in [-0.25, -0.2) is 14.8 Å². The minimum Gasteiger partial charge on any atom is -0.462 e. The molecule has 0 aromatic carbocycles. The van der Waals surface area contributed by atoms with E-state index < -0.39 is 5.97 Å². The maximum absolute atomic E-state index is 12.1. The molecule has 2 aromatic heterocycles. The predicted octanol–water partition coefficient (Wildman–Crippen LogP) is 2.56. The molecule has 0 aliphatic heterocycles. The second-order valence-electron chi connectivity index (χ2n) is 4.71. The molecule has 2 aromatic rings. The topological polar surface area (TPSA) is 73.3 Å². The van der Waals surface area contributed by atoms with Crippen molar-refractivity contribution in [1.82, 2.24) is 9.97 Å². The number of fused-ring (bicyclic) bond motifs is 1. The van der Waals surface area contributed by atoms with E-state index in [0.717, 1.165) is 11.1 Å². The number of anilines is 1. The molecule has 0 saturated heterocycles. The number of nitrogens with zero attached hydrogens (tertiary/aromatic N) is 2. The molecule has 6 heteroatoms. The molecule has 0 unspecified atom stereocenters. The van der Waals surface area contributed by atoms with Gasteiger partial charge < -0.3 is 14.8 Å². The van der Waals surface area contributed by atoms with Crippen LogP contribution in [0, 0.1) is 6.92 Å². The van der Waals surface area contributed by atoms with Crippen molar-refractivity contribution >= 4 is 22.7 Å². The lowest BCUT2D eigenvalue weighted by atomic mass is 10.1. The minimum atomic E-state index is -0.392. The Morgan fingerprint density at radius 1 is 1.27 bits per heavy atom. The zero-order valence-electron chi connectivity index (χ0n) is 13.2. The average Bonchev–Trinajstić information content (AvgIpc) is 2.51. The number of aromatic nitrogens is 2. The van der Waals surface area contributed by atoms with Gasteiger partial charge in [-0.2, -0.15) is 0 Å². The van der Waals surface area contributed by atoms with Crippen LogP contribution in [0.25, 0.3) is 11.0 Å². The molecule has 0 amide bonds. The zero-order chi connectivity index (χ0) is 15.9. The van der Waals surface area contributed by atoms with Crippen molar-refractivity contribution in [1.29, 1.82) is 0 Å². The number of hydrogen-bond donors (Lipinski definition) is 1. The van der Waals surface area contributed by atoms with E-state index in [0.29, 0.717) is 43.3 Å². The number of pyridine rings is 2. The van der Waals surface area contributed by atoms with Gasteiger partial charge in [-0.05, 0) is 32.9 Å². The SMILES string of the molecule is CCOCCNc1c(C(=O)OCC)cnc2nc(C)ccc12. The number of ether oxygens (including phenoxy) is 2. The number of hydrogen-bond acceptors (Lipinski definition) is 6. The van der Waals surface area contributed by atoms with Crippen LogP contribution in [0.2, 0.25) is 0 Å². The largest absolute Gasteiger partial charge is 0.462 e. The van der Waals surface area contributed by atoms with Crippen molar-refractivity contribution in [3.05, 3.63) is 29.6 Å². The molecule has 22 heavy (non-hydrogen) atoms. The van der Waals surface area contributed by atoms with E-state index >= 15 is 0 Å². The second-order valence-corrected chi connectivity index (χ2v) is 4.71. The number of carbonyl (C=O) groups excluding carboxylic acids is 1. The molecular formula is C16H21N3O3. The van der Waals surface area contributed by atoms with Crippen molar-refractivity contribution < 1.29 is 14.3 Å². The second kappa shape index (κ2) is 7.70. The van der Waals surface area contributed by atoms with Crippen molar-refractivity contribution in [2.75, 3.05) is 31.7 Å². The van der Waals surface area contributed by atoms with Gasteiger partial charge in [0.2, 0.25) is 0 Å². The molecule has 1 N–H and O–H groups in total. The third-order valence-electron chi connectivity index (χ3n) is 3.12. The van der Waals surface area contributed by atoms with Gasteiger partial charge in [0.1, 0.15) is 5.56 Å². The number of nitrogens with one attached hydrogen (secondary N) is 1. The third kappa shape index (κ3) is 3.71. The molecule has 6 nitrogen and oxygen atoms in total. The maximum Gasteiger partial charge on any atom is 0.341 e. The summed E-state index contributed by atoms with van der Waals surface area (Å²) in [4.78, 5) is 20.8. The molecule has 0 aliphatic rings. The number of rotatable bonds is 7. The van der Waals surface area contributed by atoms with E-state index in [1.54, 1.807) is 6.92 Å². The van der Waals surface area contributed by atoms with Crippen LogP contribution in [0.15, 0.2) is 18.3 Å². The van der Waals surface area contributed by atoms with Gasteiger partial charge in [0.15, 0.2) is 5.65 Å². The monoisotopic (exact) mass is 303 g/mol. The summed E-state index contributed by atoms with van der Waals surface area (Å²) in [7, 11) is 0. The van der Waals surface area contributed by atoms with Gasteiger partial charge in [-0.15, -0.1) is 0 Å². The van der Waals surface area contributed by atoms with Gasteiger partial charge in [0.25, 0.3) is 0 Å². The van der Waals surface area contributed by atoms with Gasteiger partial charge >= 0.3 is 5.97 Å². The molecule has 0 spiro atoms. The van der Waals surface area contributed by atoms with Gasteiger partial charge in [-0.3, -0.25) is 0 Å². The lowest BCUT2D eigenvalue weighted by molar-refractivity contribution is 0.0527. The van der Waals surface area contributed by atoms with Crippen molar-refractivity contribution in [3.63, 3.8) is 0 Å². The number of aryl methyl sites for hydroxylation is 1.